The van der Waals surface area contributed by atoms with Gasteiger partial charge >= 0.3 is 6.18 Å². The zero-order valence-corrected chi connectivity index (χ0v) is 15.1. The Morgan fingerprint density at radius 1 is 1.19 bits per heavy atom. The normalized spacial score (nSPS) is 15.4. The van der Waals surface area contributed by atoms with Crippen LogP contribution in [0.1, 0.15) is 54.8 Å². The Bertz CT molecular complexity index is 766. The number of Topliss-reactive ketones (excluding diaryl/α,β-unsaturated/α-hetero) is 1. The standard InChI is InChI=1S/C21H22F3NO2/c1-14(20-9-8-19(12-25-20)27-13-21(22,23)24)10-18(26)11-15-2-4-16(5-3-15)17-6-7-17/h2-5,8-9,12,14,17H,6-7,10-11,13H2,1H3/t14-/m0/s1. The second-order valence-corrected chi connectivity index (χ2v) is 7.16. The van der Waals surface area contributed by atoms with E-state index in [1.54, 1.807) is 6.07 Å². The van der Waals surface area contributed by atoms with Gasteiger partial charge in [-0.1, -0.05) is 31.2 Å². The molecule has 3 nitrogen and oxygen atoms in total. The molecule has 1 heterocycles. The van der Waals surface area contributed by atoms with E-state index in [1.807, 2.05) is 19.1 Å². The molecule has 1 aliphatic carbocycles. The number of ether oxygens (including phenoxy) is 1. The molecule has 0 radical (unpaired) electrons. The fourth-order valence-electron chi connectivity index (χ4n) is 3.00. The van der Waals surface area contributed by atoms with Crippen molar-refractivity contribution in [1.29, 1.82) is 0 Å². The van der Waals surface area contributed by atoms with Crippen molar-refractivity contribution in [2.45, 2.75) is 50.6 Å². The predicted octanol–water partition coefficient (Wildman–Crippen LogP) is 5.21. The van der Waals surface area contributed by atoms with Gasteiger partial charge in [-0.2, -0.15) is 13.2 Å². The van der Waals surface area contributed by atoms with Crippen LogP contribution >= 0.6 is 0 Å². The van der Waals surface area contributed by atoms with E-state index in [0.717, 1.165) is 5.56 Å². The van der Waals surface area contributed by atoms with Crippen molar-refractivity contribution in [3.63, 3.8) is 0 Å². The SMILES string of the molecule is C[C@@H](CC(=O)Cc1ccc(C2CC2)cc1)c1ccc(OCC(F)(F)F)cn1. The minimum atomic E-state index is -4.38. The number of alkyl halides is 3. The molecule has 1 aromatic carbocycles. The molecule has 3 rings (SSSR count). The van der Waals surface area contributed by atoms with Gasteiger partial charge in [0.2, 0.25) is 0 Å². The first-order chi connectivity index (χ1) is 12.8. The van der Waals surface area contributed by atoms with Crippen molar-refractivity contribution >= 4 is 5.78 Å². The number of rotatable bonds is 8. The molecule has 1 aliphatic rings. The van der Waals surface area contributed by atoms with Crippen LogP contribution in [0.2, 0.25) is 0 Å². The van der Waals surface area contributed by atoms with Gasteiger partial charge in [-0.15, -0.1) is 0 Å². The summed E-state index contributed by atoms with van der Waals surface area (Å²) < 4.78 is 41.1. The number of hydrogen-bond acceptors (Lipinski definition) is 3. The van der Waals surface area contributed by atoms with Crippen LogP contribution in [0.5, 0.6) is 5.75 Å². The molecule has 1 fully saturated rings. The van der Waals surface area contributed by atoms with E-state index in [0.29, 0.717) is 24.5 Å². The van der Waals surface area contributed by atoms with Crippen LogP contribution in [0.4, 0.5) is 13.2 Å². The molecule has 144 valence electrons. The van der Waals surface area contributed by atoms with Crippen LogP contribution in [-0.4, -0.2) is 23.6 Å². The van der Waals surface area contributed by atoms with E-state index < -0.39 is 12.8 Å². The van der Waals surface area contributed by atoms with Gasteiger partial charge in [-0.05, 0) is 42.0 Å². The molecular weight excluding hydrogens is 355 g/mol. The fraction of sp³-hybridized carbons (Fsp3) is 0.429. The highest BCUT2D eigenvalue weighted by atomic mass is 19.4. The molecule has 0 saturated heterocycles. The fourth-order valence-corrected chi connectivity index (χ4v) is 3.00. The van der Waals surface area contributed by atoms with Gasteiger partial charge in [0.15, 0.2) is 6.61 Å². The third-order valence-electron chi connectivity index (χ3n) is 4.63. The number of nitrogens with zero attached hydrogens (tertiary/aromatic N) is 1. The molecule has 6 heteroatoms. The summed E-state index contributed by atoms with van der Waals surface area (Å²) in [7, 11) is 0. The minimum Gasteiger partial charge on any atom is -0.483 e. The summed E-state index contributed by atoms with van der Waals surface area (Å²) in [4.78, 5) is 16.5. The average Bonchev–Trinajstić information content (AvgIpc) is 3.45. The average molecular weight is 377 g/mol. The Balaban J connectivity index is 1.49. The zero-order chi connectivity index (χ0) is 19.4. The molecule has 1 aromatic heterocycles. The highest BCUT2D eigenvalue weighted by molar-refractivity contribution is 5.81. The molecule has 0 amide bonds. The van der Waals surface area contributed by atoms with E-state index in [9.17, 15) is 18.0 Å². The van der Waals surface area contributed by atoms with Crippen molar-refractivity contribution in [3.05, 3.63) is 59.4 Å². The number of pyridine rings is 1. The number of ketones is 1. The monoisotopic (exact) mass is 377 g/mol. The van der Waals surface area contributed by atoms with E-state index in [-0.39, 0.29) is 17.5 Å². The number of halogens is 3. The van der Waals surface area contributed by atoms with Crippen molar-refractivity contribution in [1.82, 2.24) is 4.98 Å². The summed E-state index contributed by atoms with van der Waals surface area (Å²) in [6, 6.07) is 11.3. The van der Waals surface area contributed by atoms with Gasteiger partial charge in [0.25, 0.3) is 0 Å². The number of aromatic nitrogens is 1. The highest BCUT2D eigenvalue weighted by Gasteiger charge is 2.28. The van der Waals surface area contributed by atoms with Crippen LogP contribution in [0.3, 0.4) is 0 Å². The Labute approximate surface area is 156 Å². The van der Waals surface area contributed by atoms with E-state index in [2.05, 4.69) is 21.9 Å². The topological polar surface area (TPSA) is 39.2 Å². The summed E-state index contributed by atoms with van der Waals surface area (Å²) in [6.45, 7) is 0.536. The van der Waals surface area contributed by atoms with E-state index >= 15 is 0 Å². The maximum atomic E-state index is 12.3. The largest absolute Gasteiger partial charge is 0.483 e. The lowest BCUT2D eigenvalue weighted by Gasteiger charge is -2.12. The van der Waals surface area contributed by atoms with Gasteiger partial charge in [-0.3, -0.25) is 9.78 Å². The molecule has 0 aliphatic heterocycles. The molecule has 0 unspecified atom stereocenters. The molecular formula is C21H22F3NO2. The first-order valence-electron chi connectivity index (χ1n) is 9.06. The number of carbonyl (C=O) groups is 1. The van der Waals surface area contributed by atoms with E-state index in [1.165, 1.54) is 30.7 Å². The Morgan fingerprint density at radius 2 is 1.89 bits per heavy atom. The summed E-state index contributed by atoms with van der Waals surface area (Å²) >= 11 is 0. The maximum Gasteiger partial charge on any atom is 0.422 e. The molecule has 1 saturated carbocycles. The van der Waals surface area contributed by atoms with Crippen molar-refractivity contribution in [2.24, 2.45) is 0 Å². The first kappa shape index (κ1) is 19.4. The molecule has 0 N–H and O–H groups in total. The molecule has 1 atom stereocenters. The Morgan fingerprint density at radius 3 is 2.44 bits per heavy atom. The highest BCUT2D eigenvalue weighted by Crippen LogP contribution is 2.39. The third kappa shape index (κ3) is 6.08. The van der Waals surface area contributed by atoms with Crippen LogP contribution in [0, 0.1) is 0 Å². The number of benzene rings is 1. The van der Waals surface area contributed by atoms with Crippen molar-refractivity contribution in [2.75, 3.05) is 6.61 Å². The lowest BCUT2D eigenvalue weighted by molar-refractivity contribution is -0.153. The Kier molecular flexibility index (Phi) is 5.82. The van der Waals surface area contributed by atoms with Crippen LogP contribution in [0.15, 0.2) is 42.6 Å². The zero-order valence-electron chi connectivity index (χ0n) is 15.1. The van der Waals surface area contributed by atoms with Crippen LogP contribution in [-0.2, 0) is 11.2 Å². The van der Waals surface area contributed by atoms with Gasteiger partial charge < -0.3 is 4.74 Å². The molecule has 2 aromatic rings. The lowest BCUT2D eigenvalue weighted by Crippen LogP contribution is -2.19. The second kappa shape index (κ2) is 8.11. The number of carbonyl (C=O) groups excluding carboxylic acids is 1. The smallest absolute Gasteiger partial charge is 0.422 e. The quantitative estimate of drug-likeness (QED) is 0.634. The van der Waals surface area contributed by atoms with Gasteiger partial charge in [-0.25, -0.2) is 0 Å². The first-order valence-corrected chi connectivity index (χ1v) is 9.06. The molecule has 0 bridgehead atoms. The lowest BCUT2D eigenvalue weighted by atomic mass is 9.96. The maximum absolute atomic E-state index is 12.3. The summed E-state index contributed by atoms with van der Waals surface area (Å²) in [6.07, 6.45) is 0.0990. The van der Waals surface area contributed by atoms with Gasteiger partial charge in [0.1, 0.15) is 11.5 Å². The van der Waals surface area contributed by atoms with E-state index in [4.69, 9.17) is 0 Å². The molecule has 27 heavy (non-hydrogen) atoms. The van der Waals surface area contributed by atoms with Crippen molar-refractivity contribution < 1.29 is 22.7 Å². The summed E-state index contributed by atoms with van der Waals surface area (Å²) in [5, 5.41) is 0. The summed E-state index contributed by atoms with van der Waals surface area (Å²) in [5.41, 5.74) is 3.00. The number of hydrogen-bond donors (Lipinski definition) is 0. The summed E-state index contributed by atoms with van der Waals surface area (Å²) in [5.74, 6) is 0.759. The Hall–Kier alpha value is -2.37. The van der Waals surface area contributed by atoms with Gasteiger partial charge in [0.05, 0.1) is 6.20 Å². The van der Waals surface area contributed by atoms with Gasteiger partial charge in [0, 0.05) is 24.5 Å². The van der Waals surface area contributed by atoms with Crippen molar-refractivity contribution in [3.8, 4) is 5.75 Å². The van der Waals surface area contributed by atoms with Crippen LogP contribution < -0.4 is 4.74 Å². The van der Waals surface area contributed by atoms with Crippen LogP contribution in [0.25, 0.3) is 0 Å². The predicted molar refractivity (Wildman–Crippen MR) is 95.9 cm³/mol. The third-order valence-corrected chi connectivity index (χ3v) is 4.63. The second-order valence-electron chi connectivity index (χ2n) is 7.16. The molecule has 0 spiro atoms. The minimum absolute atomic E-state index is 0.0605.